The van der Waals surface area contributed by atoms with Crippen LogP contribution in [0.25, 0.3) is 0 Å². The Bertz CT molecular complexity index is 701. The molecule has 5 nitrogen and oxygen atoms in total. The van der Waals surface area contributed by atoms with Gasteiger partial charge in [0.1, 0.15) is 5.75 Å². The molecule has 2 bridgehead atoms. The summed E-state index contributed by atoms with van der Waals surface area (Å²) in [4.78, 5) is 17.6. The number of piperazine rings is 1. The van der Waals surface area contributed by atoms with Crippen LogP contribution in [0.3, 0.4) is 0 Å². The average Bonchev–Trinajstić information content (AvgIpc) is 3.38. The number of carbonyl (C=O) groups is 1. The molecule has 3 fully saturated rings. The number of benzene rings is 1. The minimum Gasteiger partial charge on any atom is -0.492 e. The molecule has 1 amide bonds. The molecular weight excluding hydrogens is 362 g/mol. The molecule has 5 heteroatoms. The van der Waals surface area contributed by atoms with Crippen molar-refractivity contribution in [3.63, 3.8) is 0 Å². The number of ether oxygens (including phenoxy) is 1. The van der Waals surface area contributed by atoms with Crippen molar-refractivity contribution in [1.29, 1.82) is 0 Å². The number of nitrogens with zero attached hydrogens (tertiary/aromatic N) is 2. The first-order valence-electron chi connectivity index (χ1n) is 11.6. The maximum Gasteiger partial charge on any atom is 0.237 e. The Balaban J connectivity index is 1.28. The molecule has 2 saturated carbocycles. The van der Waals surface area contributed by atoms with Gasteiger partial charge in [0.15, 0.2) is 0 Å². The van der Waals surface area contributed by atoms with Crippen LogP contribution in [-0.4, -0.2) is 55.7 Å². The van der Waals surface area contributed by atoms with Gasteiger partial charge in [-0.25, -0.2) is 0 Å². The quantitative estimate of drug-likeness (QED) is 0.762. The fraction of sp³-hybridized carbons (Fsp3) is 0.708. The lowest BCUT2D eigenvalue weighted by Gasteiger charge is -2.39. The molecular formula is C24H37N3O2. The van der Waals surface area contributed by atoms with E-state index in [1.807, 2.05) is 19.1 Å². The fourth-order valence-corrected chi connectivity index (χ4v) is 5.87. The van der Waals surface area contributed by atoms with E-state index in [9.17, 15) is 4.79 Å². The first-order chi connectivity index (χ1) is 14.1. The summed E-state index contributed by atoms with van der Waals surface area (Å²) in [5.74, 6) is 3.61. The van der Waals surface area contributed by atoms with E-state index >= 15 is 0 Å². The van der Waals surface area contributed by atoms with E-state index < -0.39 is 0 Å². The van der Waals surface area contributed by atoms with Gasteiger partial charge in [0.2, 0.25) is 5.91 Å². The van der Waals surface area contributed by atoms with Crippen LogP contribution in [0.2, 0.25) is 0 Å². The van der Waals surface area contributed by atoms with E-state index in [0.29, 0.717) is 18.6 Å². The fourth-order valence-electron chi connectivity index (χ4n) is 5.87. The predicted molar refractivity (Wildman–Crippen MR) is 117 cm³/mol. The van der Waals surface area contributed by atoms with Crippen molar-refractivity contribution in [3.8, 4) is 5.75 Å². The summed E-state index contributed by atoms with van der Waals surface area (Å²) in [5.41, 5.74) is 1.16. The summed E-state index contributed by atoms with van der Waals surface area (Å²) < 4.78 is 5.80. The number of hydrogen-bond acceptors (Lipinski definition) is 4. The Hall–Kier alpha value is -1.75. The number of rotatable bonds is 7. The van der Waals surface area contributed by atoms with Gasteiger partial charge in [-0.15, -0.1) is 0 Å². The molecule has 1 aromatic rings. The monoisotopic (exact) mass is 399 g/mol. The zero-order valence-electron chi connectivity index (χ0n) is 18.3. The van der Waals surface area contributed by atoms with Gasteiger partial charge in [-0.3, -0.25) is 9.69 Å². The maximum absolute atomic E-state index is 12.9. The molecule has 0 unspecified atom stereocenters. The standard InChI is InChI=1S/C24H37N3O2/c1-4-29-23-8-6-5-7-22(23)27-13-11-26(12-14-27)18(3)24(28)25-17(2)21-16-19-9-10-20(21)15-19/h5-8,17-21H,4,9-16H2,1-3H3,(H,25,28)/t17-,18+,19-,20-,21-/m0/s1. The Labute approximate surface area is 175 Å². The highest BCUT2D eigenvalue weighted by Crippen LogP contribution is 2.49. The molecule has 1 heterocycles. The van der Waals surface area contributed by atoms with Crippen molar-refractivity contribution in [2.24, 2.45) is 17.8 Å². The molecule has 0 radical (unpaired) electrons. The zero-order chi connectivity index (χ0) is 20.4. The Morgan fingerprint density at radius 2 is 1.90 bits per heavy atom. The summed E-state index contributed by atoms with van der Waals surface area (Å²) in [6.45, 7) is 10.6. The molecule has 3 aliphatic rings. The highest BCUT2D eigenvalue weighted by Gasteiger charge is 2.42. The normalized spacial score (nSPS) is 28.9. The van der Waals surface area contributed by atoms with Crippen LogP contribution >= 0.6 is 0 Å². The van der Waals surface area contributed by atoms with E-state index in [4.69, 9.17) is 4.74 Å². The zero-order valence-corrected chi connectivity index (χ0v) is 18.3. The second kappa shape index (κ2) is 8.95. The van der Waals surface area contributed by atoms with Crippen LogP contribution in [-0.2, 0) is 4.79 Å². The van der Waals surface area contributed by atoms with Gasteiger partial charge in [-0.05, 0) is 69.9 Å². The first-order valence-corrected chi connectivity index (χ1v) is 11.6. The van der Waals surface area contributed by atoms with Gasteiger partial charge >= 0.3 is 0 Å². The molecule has 1 saturated heterocycles. The van der Waals surface area contributed by atoms with Crippen LogP contribution in [0.4, 0.5) is 5.69 Å². The molecule has 0 aromatic heterocycles. The lowest BCUT2D eigenvalue weighted by molar-refractivity contribution is -0.127. The van der Waals surface area contributed by atoms with E-state index in [1.54, 1.807) is 0 Å². The van der Waals surface area contributed by atoms with Gasteiger partial charge < -0.3 is 15.0 Å². The second-order valence-corrected chi connectivity index (χ2v) is 9.24. The van der Waals surface area contributed by atoms with E-state index in [2.05, 4.69) is 41.1 Å². The largest absolute Gasteiger partial charge is 0.492 e. The highest BCUT2D eigenvalue weighted by atomic mass is 16.5. The highest BCUT2D eigenvalue weighted by molar-refractivity contribution is 5.81. The van der Waals surface area contributed by atoms with Crippen molar-refractivity contribution in [1.82, 2.24) is 10.2 Å². The summed E-state index contributed by atoms with van der Waals surface area (Å²) in [5, 5.41) is 3.36. The van der Waals surface area contributed by atoms with Crippen molar-refractivity contribution in [3.05, 3.63) is 24.3 Å². The number of nitrogens with one attached hydrogen (secondary N) is 1. The smallest absolute Gasteiger partial charge is 0.237 e. The molecule has 1 N–H and O–H groups in total. The minimum atomic E-state index is -0.0691. The Morgan fingerprint density at radius 3 is 2.55 bits per heavy atom. The van der Waals surface area contributed by atoms with E-state index in [0.717, 1.165) is 49.5 Å². The molecule has 1 aromatic carbocycles. The summed E-state index contributed by atoms with van der Waals surface area (Å²) >= 11 is 0. The van der Waals surface area contributed by atoms with Crippen molar-refractivity contribution in [2.45, 2.75) is 58.5 Å². The lowest BCUT2D eigenvalue weighted by atomic mass is 9.84. The molecule has 0 spiro atoms. The molecule has 5 atom stereocenters. The van der Waals surface area contributed by atoms with Gasteiger partial charge in [-0.1, -0.05) is 18.6 Å². The molecule has 1 aliphatic heterocycles. The predicted octanol–water partition coefficient (Wildman–Crippen LogP) is 3.54. The van der Waals surface area contributed by atoms with Crippen LogP contribution in [0.1, 0.15) is 46.5 Å². The topological polar surface area (TPSA) is 44.8 Å². The summed E-state index contributed by atoms with van der Waals surface area (Å²) in [7, 11) is 0. The van der Waals surface area contributed by atoms with Crippen LogP contribution in [0.15, 0.2) is 24.3 Å². The van der Waals surface area contributed by atoms with Crippen molar-refractivity contribution >= 4 is 11.6 Å². The Kier molecular flexibility index (Phi) is 6.33. The third kappa shape index (κ3) is 4.40. The second-order valence-electron chi connectivity index (χ2n) is 9.24. The molecule has 4 rings (SSSR count). The van der Waals surface area contributed by atoms with E-state index in [-0.39, 0.29) is 11.9 Å². The lowest BCUT2D eigenvalue weighted by Crippen LogP contribution is -2.55. The average molecular weight is 400 g/mol. The SMILES string of the molecule is CCOc1ccccc1N1CCN([C@H](C)C(=O)N[C@@H](C)[C@@H]2C[C@H]3CC[C@H]2C3)CC1. The number of fused-ring (bicyclic) bond motifs is 2. The molecule has 2 aliphatic carbocycles. The summed E-state index contributed by atoms with van der Waals surface area (Å²) in [6, 6.07) is 8.50. The number of carbonyl (C=O) groups excluding carboxylic acids is 1. The molecule has 160 valence electrons. The van der Waals surface area contributed by atoms with Gasteiger partial charge in [0, 0.05) is 32.2 Å². The summed E-state index contributed by atoms with van der Waals surface area (Å²) in [6.07, 6.45) is 5.50. The van der Waals surface area contributed by atoms with Gasteiger partial charge in [0.05, 0.1) is 18.3 Å². The van der Waals surface area contributed by atoms with Gasteiger partial charge in [-0.2, -0.15) is 0 Å². The number of hydrogen-bond donors (Lipinski definition) is 1. The maximum atomic E-state index is 12.9. The van der Waals surface area contributed by atoms with Gasteiger partial charge in [0.25, 0.3) is 0 Å². The third-order valence-corrected chi connectivity index (χ3v) is 7.55. The van der Waals surface area contributed by atoms with Crippen LogP contribution in [0.5, 0.6) is 5.75 Å². The third-order valence-electron chi connectivity index (χ3n) is 7.55. The minimum absolute atomic E-state index is 0.0691. The van der Waals surface area contributed by atoms with Crippen molar-refractivity contribution < 1.29 is 9.53 Å². The number of para-hydroxylation sites is 2. The Morgan fingerprint density at radius 1 is 1.14 bits per heavy atom. The van der Waals surface area contributed by atoms with E-state index in [1.165, 1.54) is 25.7 Å². The first kappa shape index (κ1) is 20.5. The van der Waals surface area contributed by atoms with Crippen molar-refractivity contribution in [2.75, 3.05) is 37.7 Å². The molecule has 29 heavy (non-hydrogen) atoms. The number of anilines is 1. The van der Waals surface area contributed by atoms with Crippen LogP contribution < -0.4 is 15.0 Å². The number of amides is 1. The van der Waals surface area contributed by atoms with Crippen LogP contribution in [0, 0.1) is 17.8 Å².